The number of aryl methyl sites for hydroxylation is 2. The van der Waals surface area contributed by atoms with Crippen LogP contribution in [-0.4, -0.2) is 20.2 Å². The van der Waals surface area contributed by atoms with Gasteiger partial charge in [0.15, 0.2) is 5.78 Å². The maximum Gasteiger partial charge on any atom is 0.183 e. The number of fused-ring (bicyclic) bond motifs is 2. The highest BCUT2D eigenvalue weighted by atomic mass is 16.1. The van der Waals surface area contributed by atoms with E-state index in [4.69, 9.17) is 0 Å². The molecule has 0 radical (unpaired) electrons. The molecular formula is C17H17N3O. The van der Waals surface area contributed by atoms with Crippen molar-refractivity contribution in [2.45, 2.75) is 26.2 Å². The molecule has 1 atom stereocenters. The average Bonchev–Trinajstić information content (AvgIpc) is 3.11. The highest BCUT2D eigenvalue weighted by Gasteiger charge is 2.28. The number of rotatable bonds is 2. The fourth-order valence-corrected chi connectivity index (χ4v) is 3.35. The lowest BCUT2D eigenvalue weighted by molar-refractivity contribution is 0.0901. The zero-order valence-electron chi connectivity index (χ0n) is 12.0. The standard InChI is InChI=1S/C17H17N3O/c1-11-8-16(20-7-3-2-4-15(11)20)17(21)12-5-6-13-14(9-12)19-10-18-13/h2-4,7-8,10,12H,5-6,9H2,1H3,(H,18,19)/t12-/m0/s1. The van der Waals surface area contributed by atoms with Gasteiger partial charge in [0.2, 0.25) is 0 Å². The third-order valence-electron chi connectivity index (χ3n) is 4.49. The van der Waals surface area contributed by atoms with E-state index in [2.05, 4.69) is 23.0 Å². The second-order valence-corrected chi connectivity index (χ2v) is 5.80. The van der Waals surface area contributed by atoms with E-state index in [-0.39, 0.29) is 11.7 Å². The molecule has 0 amide bonds. The largest absolute Gasteiger partial charge is 0.348 e. The van der Waals surface area contributed by atoms with Gasteiger partial charge in [0, 0.05) is 23.3 Å². The van der Waals surface area contributed by atoms with Crippen molar-refractivity contribution in [2.24, 2.45) is 5.92 Å². The van der Waals surface area contributed by atoms with E-state index in [1.165, 1.54) is 0 Å². The molecule has 106 valence electrons. The molecule has 0 unspecified atom stereocenters. The van der Waals surface area contributed by atoms with Crippen molar-refractivity contribution in [1.29, 1.82) is 0 Å². The molecule has 3 aromatic rings. The fraction of sp³-hybridized carbons (Fsp3) is 0.294. The van der Waals surface area contributed by atoms with Gasteiger partial charge in [0.1, 0.15) is 0 Å². The number of hydrogen-bond donors (Lipinski definition) is 1. The first-order valence-electron chi connectivity index (χ1n) is 7.36. The third-order valence-corrected chi connectivity index (χ3v) is 4.49. The molecule has 1 aliphatic rings. The van der Waals surface area contributed by atoms with E-state index in [9.17, 15) is 4.79 Å². The van der Waals surface area contributed by atoms with Crippen LogP contribution in [-0.2, 0) is 12.8 Å². The normalized spacial score (nSPS) is 17.9. The van der Waals surface area contributed by atoms with Crippen molar-refractivity contribution >= 4 is 11.3 Å². The molecule has 0 fully saturated rings. The number of nitrogens with zero attached hydrogens (tertiary/aromatic N) is 2. The summed E-state index contributed by atoms with van der Waals surface area (Å²) in [7, 11) is 0. The van der Waals surface area contributed by atoms with Crippen LogP contribution < -0.4 is 0 Å². The molecule has 0 aromatic carbocycles. The first kappa shape index (κ1) is 12.4. The summed E-state index contributed by atoms with van der Waals surface area (Å²) in [6.45, 7) is 2.06. The zero-order chi connectivity index (χ0) is 14.4. The quantitative estimate of drug-likeness (QED) is 0.733. The van der Waals surface area contributed by atoms with E-state index < -0.39 is 0 Å². The number of imidazole rings is 1. The Morgan fingerprint density at radius 1 is 1.43 bits per heavy atom. The Balaban J connectivity index is 1.71. The Hall–Kier alpha value is -2.36. The van der Waals surface area contributed by atoms with Crippen molar-refractivity contribution in [3.05, 3.63) is 59.4 Å². The molecule has 21 heavy (non-hydrogen) atoms. The van der Waals surface area contributed by atoms with E-state index in [0.29, 0.717) is 0 Å². The van der Waals surface area contributed by atoms with Crippen molar-refractivity contribution in [1.82, 2.24) is 14.4 Å². The molecule has 1 N–H and O–H groups in total. The SMILES string of the molecule is Cc1cc(C(=O)[C@H]2CCc3nc[nH]c3C2)n2ccccc12. The summed E-state index contributed by atoms with van der Waals surface area (Å²) < 4.78 is 2.01. The van der Waals surface area contributed by atoms with Crippen molar-refractivity contribution in [2.75, 3.05) is 0 Å². The molecule has 0 saturated carbocycles. The fourth-order valence-electron chi connectivity index (χ4n) is 3.35. The predicted molar refractivity (Wildman–Crippen MR) is 80.6 cm³/mol. The highest BCUT2D eigenvalue weighted by molar-refractivity contribution is 5.98. The molecule has 1 aliphatic carbocycles. The van der Waals surface area contributed by atoms with Crippen LogP contribution in [0.4, 0.5) is 0 Å². The van der Waals surface area contributed by atoms with Crippen LogP contribution in [0, 0.1) is 12.8 Å². The number of aromatic amines is 1. The number of carbonyl (C=O) groups excluding carboxylic acids is 1. The number of pyridine rings is 1. The Bertz CT molecular complexity index is 828. The Labute approximate surface area is 122 Å². The van der Waals surface area contributed by atoms with Crippen LogP contribution in [0.5, 0.6) is 0 Å². The van der Waals surface area contributed by atoms with Gasteiger partial charge in [0.05, 0.1) is 17.7 Å². The van der Waals surface area contributed by atoms with Crippen molar-refractivity contribution in [3.63, 3.8) is 0 Å². The number of Topliss-reactive ketones (excluding diaryl/α,β-unsaturated/α-hetero) is 1. The second-order valence-electron chi connectivity index (χ2n) is 5.80. The molecule has 4 rings (SSSR count). The molecule has 0 aliphatic heterocycles. The lowest BCUT2D eigenvalue weighted by Crippen LogP contribution is -2.23. The first-order valence-corrected chi connectivity index (χ1v) is 7.36. The number of ketones is 1. The Morgan fingerprint density at radius 3 is 3.24 bits per heavy atom. The summed E-state index contributed by atoms with van der Waals surface area (Å²) in [5.41, 5.74) is 5.30. The zero-order valence-corrected chi connectivity index (χ0v) is 12.0. The topological polar surface area (TPSA) is 50.2 Å². The summed E-state index contributed by atoms with van der Waals surface area (Å²) in [5, 5.41) is 0. The van der Waals surface area contributed by atoms with Crippen LogP contribution >= 0.6 is 0 Å². The number of hydrogen-bond acceptors (Lipinski definition) is 2. The lowest BCUT2D eigenvalue weighted by atomic mass is 9.85. The molecule has 3 heterocycles. The maximum atomic E-state index is 12.9. The van der Waals surface area contributed by atoms with Gasteiger partial charge in [-0.3, -0.25) is 4.79 Å². The number of nitrogens with one attached hydrogen (secondary N) is 1. The van der Waals surface area contributed by atoms with Gasteiger partial charge in [-0.05, 0) is 49.9 Å². The molecule has 0 saturated heterocycles. The third kappa shape index (κ3) is 1.90. The molecule has 0 spiro atoms. The van der Waals surface area contributed by atoms with Gasteiger partial charge >= 0.3 is 0 Å². The monoisotopic (exact) mass is 279 g/mol. The van der Waals surface area contributed by atoms with E-state index in [0.717, 1.165) is 47.4 Å². The highest BCUT2D eigenvalue weighted by Crippen LogP contribution is 2.27. The summed E-state index contributed by atoms with van der Waals surface area (Å²) in [5.74, 6) is 0.292. The van der Waals surface area contributed by atoms with Crippen LogP contribution in [0.2, 0.25) is 0 Å². The minimum Gasteiger partial charge on any atom is -0.348 e. The summed E-state index contributed by atoms with van der Waals surface area (Å²) in [6.07, 6.45) is 6.25. The molecule has 0 bridgehead atoms. The van der Waals surface area contributed by atoms with E-state index >= 15 is 0 Å². The van der Waals surface area contributed by atoms with Gasteiger partial charge in [-0.2, -0.15) is 0 Å². The number of carbonyl (C=O) groups is 1. The minimum atomic E-state index is 0.0515. The molecule has 4 nitrogen and oxygen atoms in total. The smallest absolute Gasteiger partial charge is 0.183 e. The first-order chi connectivity index (χ1) is 10.2. The van der Waals surface area contributed by atoms with Crippen molar-refractivity contribution in [3.8, 4) is 0 Å². The lowest BCUT2D eigenvalue weighted by Gasteiger charge is -2.20. The van der Waals surface area contributed by atoms with E-state index in [1.807, 2.05) is 28.8 Å². The summed E-state index contributed by atoms with van der Waals surface area (Å²) in [4.78, 5) is 20.4. The van der Waals surface area contributed by atoms with Gasteiger partial charge in [-0.25, -0.2) is 4.98 Å². The van der Waals surface area contributed by atoms with E-state index in [1.54, 1.807) is 6.33 Å². The maximum absolute atomic E-state index is 12.9. The van der Waals surface area contributed by atoms with Crippen LogP contribution in [0.3, 0.4) is 0 Å². The Kier molecular flexibility index (Phi) is 2.70. The molecular weight excluding hydrogens is 262 g/mol. The molecule has 3 aromatic heterocycles. The molecule has 4 heteroatoms. The van der Waals surface area contributed by atoms with Gasteiger partial charge in [-0.1, -0.05) is 6.07 Å². The van der Waals surface area contributed by atoms with Gasteiger partial charge < -0.3 is 9.38 Å². The summed E-state index contributed by atoms with van der Waals surface area (Å²) >= 11 is 0. The van der Waals surface area contributed by atoms with Crippen LogP contribution in [0.15, 0.2) is 36.8 Å². The Morgan fingerprint density at radius 2 is 2.33 bits per heavy atom. The minimum absolute atomic E-state index is 0.0515. The van der Waals surface area contributed by atoms with Gasteiger partial charge in [0.25, 0.3) is 0 Å². The predicted octanol–water partition coefficient (Wildman–Crippen LogP) is 2.96. The van der Waals surface area contributed by atoms with Crippen LogP contribution in [0.1, 0.15) is 33.9 Å². The number of H-pyrrole nitrogens is 1. The average molecular weight is 279 g/mol. The van der Waals surface area contributed by atoms with Crippen LogP contribution in [0.25, 0.3) is 5.52 Å². The number of aromatic nitrogens is 3. The van der Waals surface area contributed by atoms with Gasteiger partial charge in [-0.15, -0.1) is 0 Å². The second kappa shape index (κ2) is 4.58. The van der Waals surface area contributed by atoms with Crippen molar-refractivity contribution < 1.29 is 4.79 Å². The summed E-state index contributed by atoms with van der Waals surface area (Å²) in [6, 6.07) is 8.05.